The number of benzene rings is 9. The van der Waals surface area contributed by atoms with E-state index in [9.17, 15) is 0 Å². The lowest BCUT2D eigenvalue weighted by Crippen LogP contribution is -2.27. The summed E-state index contributed by atoms with van der Waals surface area (Å²) in [6.45, 7) is 4.75. The molecule has 0 radical (unpaired) electrons. The Morgan fingerprint density at radius 3 is 1.36 bits per heavy atom. The molecule has 0 amide bonds. The van der Waals surface area contributed by atoms with Gasteiger partial charge in [0, 0.05) is 22.4 Å². The second-order valence-corrected chi connectivity index (χ2v) is 16.8. The van der Waals surface area contributed by atoms with Crippen LogP contribution in [0.1, 0.15) is 47.2 Å². The van der Waals surface area contributed by atoms with Gasteiger partial charge in [-0.3, -0.25) is 0 Å². The van der Waals surface area contributed by atoms with Crippen LogP contribution in [0.15, 0.2) is 212 Å². The third-order valence-corrected chi connectivity index (χ3v) is 13.5. The first-order valence-electron chi connectivity index (χ1n) is 20.8. The number of fused-ring (bicyclic) bond motifs is 13. The number of nitrogens with zero attached hydrogens (tertiary/aromatic N) is 1. The minimum atomic E-state index is -0.521. The Labute approximate surface area is 346 Å². The molecule has 0 atom stereocenters. The quantitative estimate of drug-likeness (QED) is 0.169. The summed E-state index contributed by atoms with van der Waals surface area (Å²) in [6, 6.07) is 79.3. The molecule has 9 aromatic carbocycles. The fraction of sp³-hybridized carbons (Fsp3) is 0.0690. The molecule has 0 aromatic heterocycles. The Morgan fingerprint density at radius 2 is 0.729 bits per heavy atom. The Balaban J connectivity index is 1.16. The molecule has 0 fully saturated rings. The molecule has 0 saturated carbocycles. The van der Waals surface area contributed by atoms with Crippen molar-refractivity contribution >= 4 is 17.1 Å². The van der Waals surface area contributed by atoms with E-state index in [2.05, 4.69) is 231 Å². The molecular weight excluding hydrogens is 711 g/mol. The van der Waals surface area contributed by atoms with Gasteiger partial charge in [0.2, 0.25) is 0 Å². The summed E-state index contributed by atoms with van der Waals surface area (Å²) in [5.74, 6) is 0. The van der Waals surface area contributed by atoms with Gasteiger partial charge >= 0.3 is 0 Å². The van der Waals surface area contributed by atoms with Gasteiger partial charge in [-0.05, 0) is 114 Å². The zero-order valence-corrected chi connectivity index (χ0v) is 33.2. The minimum absolute atomic E-state index is 0.138. The van der Waals surface area contributed by atoms with E-state index >= 15 is 0 Å². The highest BCUT2D eigenvalue weighted by atomic mass is 15.1. The van der Waals surface area contributed by atoms with Crippen LogP contribution in [-0.2, 0) is 10.8 Å². The van der Waals surface area contributed by atoms with Crippen molar-refractivity contribution in [3.63, 3.8) is 0 Å². The largest absolute Gasteiger partial charge is 0.310 e. The van der Waals surface area contributed by atoms with Gasteiger partial charge in [0.05, 0.1) is 11.1 Å². The fourth-order valence-corrected chi connectivity index (χ4v) is 11.0. The molecule has 278 valence electrons. The maximum Gasteiger partial charge on any atom is 0.0732 e. The van der Waals surface area contributed by atoms with Crippen molar-refractivity contribution in [1.29, 1.82) is 0 Å². The molecule has 3 aliphatic rings. The van der Waals surface area contributed by atoms with Gasteiger partial charge in [-0.2, -0.15) is 0 Å². The van der Waals surface area contributed by atoms with Gasteiger partial charge in [0.1, 0.15) is 0 Å². The summed E-state index contributed by atoms with van der Waals surface area (Å²) in [7, 11) is 0. The zero-order chi connectivity index (χ0) is 39.3. The second kappa shape index (κ2) is 12.6. The predicted molar refractivity (Wildman–Crippen MR) is 246 cm³/mol. The van der Waals surface area contributed by atoms with E-state index in [1.54, 1.807) is 0 Å². The number of anilines is 3. The zero-order valence-electron chi connectivity index (χ0n) is 33.2. The predicted octanol–water partition coefficient (Wildman–Crippen LogP) is 15.1. The highest BCUT2D eigenvalue weighted by molar-refractivity contribution is 6.00. The van der Waals surface area contributed by atoms with Crippen molar-refractivity contribution in [3.05, 3.63) is 246 Å². The fourth-order valence-electron chi connectivity index (χ4n) is 11.0. The van der Waals surface area contributed by atoms with Crippen LogP contribution in [0.25, 0.3) is 55.6 Å². The van der Waals surface area contributed by atoms with Crippen molar-refractivity contribution in [2.75, 3.05) is 4.90 Å². The van der Waals surface area contributed by atoms with Gasteiger partial charge in [0.25, 0.3) is 0 Å². The second-order valence-electron chi connectivity index (χ2n) is 16.8. The Kier molecular flexibility index (Phi) is 7.26. The van der Waals surface area contributed by atoms with Crippen LogP contribution in [0.4, 0.5) is 17.1 Å². The van der Waals surface area contributed by atoms with Crippen LogP contribution in [0.3, 0.4) is 0 Å². The number of rotatable bonds is 5. The molecule has 0 saturated heterocycles. The van der Waals surface area contributed by atoms with Crippen molar-refractivity contribution in [3.8, 4) is 55.6 Å². The van der Waals surface area contributed by atoms with Crippen molar-refractivity contribution in [2.45, 2.75) is 24.7 Å². The summed E-state index contributed by atoms with van der Waals surface area (Å²) in [5, 5.41) is 0. The van der Waals surface area contributed by atoms with E-state index in [0.717, 1.165) is 17.1 Å². The van der Waals surface area contributed by atoms with E-state index in [0.29, 0.717) is 0 Å². The standard InChI is InChI=1S/C58H41N/c1-57(2)50-28-13-9-23-44(50)47-34-32-40(36-53(47)57)59(55-31-16-12-22-42(55)38-18-5-3-6-19-38)41-33-35-48-49-27-17-26-43(39-20-7-4-8-21-39)56(49)58(54(48)37-41)51-29-14-10-24-45(51)46-25-11-15-30-52(46)58/h3-37H,1-2H3. The highest BCUT2D eigenvalue weighted by Crippen LogP contribution is 2.65. The maximum atomic E-state index is 2.53. The normalized spacial score (nSPS) is 14.2. The average Bonchev–Trinajstić information content (AvgIpc) is 3.85. The van der Waals surface area contributed by atoms with Crippen molar-refractivity contribution < 1.29 is 0 Å². The molecule has 0 aliphatic heterocycles. The van der Waals surface area contributed by atoms with Crippen LogP contribution in [0.2, 0.25) is 0 Å². The Bertz CT molecular complexity index is 3090. The third-order valence-electron chi connectivity index (χ3n) is 13.5. The molecule has 0 unspecified atom stereocenters. The Hall–Kier alpha value is -7.22. The van der Waals surface area contributed by atoms with Crippen LogP contribution in [0, 0.1) is 0 Å². The van der Waals surface area contributed by atoms with Crippen molar-refractivity contribution in [1.82, 2.24) is 0 Å². The molecule has 0 N–H and O–H groups in total. The first-order chi connectivity index (χ1) is 29.0. The monoisotopic (exact) mass is 751 g/mol. The highest BCUT2D eigenvalue weighted by Gasteiger charge is 2.53. The molecule has 1 heteroatoms. The molecule has 0 heterocycles. The van der Waals surface area contributed by atoms with E-state index in [1.165, 1.54) is 89.0 Å². The molecule has 1 spiro atoms. The van der Waals surface area contributed by atoms with E-state index in [-0.39, 0.29) is 5.41 Å². The topological polar surface area (TPSA) is 3.24 Å². The van der Waals surface area contributed by atoms with E-state index < -0.39 is 5.41 Å². The summed E-state index contributed by atoms with van der Waals surface area (Å²) >= 11 is 0. The van der Waals surface area contributed by atoms with Crippen molar-refractivity contribution in [2.24, 2.45) is 0 Å². The summed E-state index contributed by atoms with van der Waals surface area (Å²) < 4.78 is 0. The van der Waals surface area contributed by atoms with Gasteiger partial charge in [0.15, 0.2) is 0 Å². The van der Waals surface area contributed by atoms with Crippen LogP contribution < -0.4 is 4.90 Å². The first kappa shape index (κ1) is 33.9. The van der Waals surface area contributed by atoms with Gasteiger partial charge < -0.3 is 4.90 Å². The maximum absolute atomic E-state index is 2.53. The molecule has 59 heavy (non-hydrogen) atoms. The summed E-state index contributed by atoms with van der Waals surface area (Å²) in [5.41, 5.74) is 23.6. The summed E-state index contributed by atoms with van der Waals surface area (Å²) in [4.78, 5) is 2.52. The molecule has 12 rings (SSSR count). The number of para-hydroxylation sites is 1. The minimum Gasteiger partial charge on any atom is -0.310 e. The van der Waals surface area contributed by atoms with Crippen LogP contribution in [0.5, 0.6) is 0 Å². The van der Waals surface area contributed by atoms with E-state index in [1.807, 2.05) is 0 Å². The molecule has 9 aromatic rings. The molecular formula is C58H41N. The first-order valence-corrected chi connectivity index (χ1v) is 20.8. The molecule has 1 nitrogen and oxygen atoms in total. The van der Waals surface area contributed by atoms with Gasteiger partial charge in [-0.25, -0.2) is 0 Å². The third kappa shape index (κ3) is 4.67. The lowest BCUT2D eigenvalue weighted by Gasteiger charge is -2.34. The van der Waals surface area contributed by atoms with Gasteiger partial charge in [-0.1, -0.05) is 196 Å². The van der Waals surface area contributed by atoms with E-state index in [4.69, 9.17) is 0 Å². The number of hydrogen-bond donors (Lipinski definition) is 0. The Morgan fingerprint density at radius 1 is 0.305 bits per heavy atom. The SMILES string of the molecule is CC1(C)c2ccccc2-c2ccc(N(c3ccc4c(c3)C3(c5ccccc5-c5ccccc53)c3c(-c5ccccc5)cccc3-4)c3ccccc3-c3ccccc3)cc21. The van der Waals surface area contributed by atoms with Gasteiger partial charge in [-0.15, -0.1) is 0 Å². The molecule has 3 aliphatic carbocycles. The number of hydrogen-bond acceptors (Lipinski definition) is 1. The average molecular weight is 752 g/mol. The summed E-state index contributed by atoms with van der Waals surface area (Å²) in [6.07, 6.45) is 0. The smallest absolute Gasteiger partial charge is 0.0732 e. The molecule has 0 bridgehead atoms. The lowest BCUT2D eigenvalue weighted by atomic mass is 9.68. The van der Waals surface area contributed by atoms with Crippen LogP contribution >= 0.6 is 0 Å². The lowest BCUT2D eigenvalue weighted by molar-refractivity contribution is 0.660. The van der Waals surface area contributed by atoms with Crippen LogP contribution in [-0.4, -0.2) is 0 Å².